The summed E-state index contributed by atoms with van der Waals surface area (Å²) in [5.41, 5.74) is 0. The van der Waals surface area contributed by atoms with Crippen LogP contribution in [0.1, 0.15) is 20.3 Å². The SMILES string of the molecule is CCNCC(CC)C(=O)O. The number of carboxylic acids is 1. The molecule has 60 valence electrons. The van der Waals surface area contributed by atoms with E-state index in [0.29, 0.717) is 13.0 Å². The number of hydrogen-bond donors (Lipinski definition) is 2. The number of rotatable bonds is 5. The first-order valence-corrected chi connectivity index (χ1v) is 3.65. The van der Waals surface area contributed by atoms with Gasteiger partial charge in [0.05, 0.1) is 5.92 Å². The molecule has 0 aliphatic rings. The maximum absolute atomic E-state index is 10.4. The minimum Gasteiger partial charge on any atom is -0.481 e. The summed E-state index contributed by atoms with van der Waals surface area (Å²) < 4.78 is 0. The molecule has 0 heterocycles. The van der Waals surface area contributed by atoms with E-state index in [1.54, 1.807) is 0 Å². The summed E-state index contributed by atoms with van der Waals surface area (Å²) in [6.45, 7) is 5.27. The Morgan fingerprint density at radius 3 is 2.50 bits per heavy atom. The molecule has 3 heteroatoms. The van der Waals surface area contributed by atoms with Crippen molar-refractivity contribution >= 4 is 5.97 Å². The Bertz CT molecular complexity index is 104. The number of carbonyl (C=O) groups is 1. The molecular weight excluding hydrogens is 130 g/mol. The van der Waals surface area contributed by atoms with Crippen LogP contribution < -0.4 is 5.32 Å². The highest BCUT2D eigenvalue weighted by atomic mass is 16.4. The average molecular weight is 145 g/mol. The second kappa shape index (κ2) is 5.23. The van der Waals surface area contributed by atoms with Gasteiger partial charge in [0.25, 0.3) is 0 Å². The van der Waals surface area contributed by atoms with Crippen molar-refractivity contribution in [2.24, 2.45) is 5.92 Å². The van der Waals surface area contributed by atoms with Crippen molar-refractivity contribution in [3.63, 3.8) is 0 Å². The quantitative estimate of drug-likeness (QED) is 0.599. The molecular formula is C7H15NO2. The molecule has 1 atom stereocenters. The molecule has 0 radical (unpaired) electrons. The van der Waals surface area contributed by atoms with E-state index >= 15 is 0 Å². The minimum absolute atomic E-state index is 0.222. The zero-order valence-corrected chi connectivity index (χ0v) is 6.55. The van der Waals surface area contributed by atoms with Gasteiger partial charge in [-0.3, -0.25) is 4.79 Å². The molecule has 0 bridgehead atoms. The van der Waals surface area contributed by atoms with Gasteiger partial charge < -0.3 is 10.4 Å². The maximum atomic E-state index is 10.4. The first kappa shape index (κ1) is 9.43. The Morgan fingerprint density at radius 2 is 2.20 bits per heavy atom. The van der Waals surface area contributed by atoms with E-state index in [1.165, 1.54) is 0 Å². The summed E-state index contributed by atoms with van der Waals surface area (Å²) >= 11 is 0. The Hall–Kier alpha value is -0.570. The van der Waals surface area contributed by atoms with Gasteiger partial charge in [-0.2, -0.15) is 0 Å². The number of hydrogen-bond acceptors (Lipinski definition) is 2. The van der Waals surface area contributed by atoms with Crippen LogP contribution >= 0.6 is 0 Å². The molecule has 3 nitrogen and oxygen atoms in total. The van der Waals surface area contributed by atoms with Crippen molar-refractivity contribution in [2.75, 3.05) is 13.1 Å². The molecule has 0 aliphatic carbocycles. The van der Waals surface area contributed by atoms with Crippen LogP contribution in [-0.4, -0.2) is 24.2 Å². The van der Waals surface area contributed by atoms with Gasteiger partial charge in [0.1, 0.15) is 0 Å². The fourth-order valence-corrected chi connectivity index (χ4v) is 0.725. The molecule has 0 aromatic carbocycles. The Balaban J connectivity index is 3.50. The average Bonchev–Trinajstić information content (AvgIpc) is 1.89. The van der Waals surface area contributed by atoms with Crippen LogP contribution in [0.25, 0.3) is 0 Å². The van der Waals surface area contributed by atoms with Crippen molar-refractivity contribution in [1.82, 2.24) is 5.32 Å². The summed E-state index contributed by atoms with van der Waals surface area (Å²) in [6.07, 6.45) is 0.697. The summed E-state index contributed by atoms with van der Waals surface area (Å²) in [5, 5.41) is 11.6. The van der Waals surface area contributed by atoms with Crippen LogP contribution in [0.2, 0.25) is 0 Å². The van der Waals surface area contributed by atoms with Crippen LogP contribution in [0.15, 0.2) is 0 Å². The molecule has 0 aromatic rings. The predicted octanol–water partition coefficient (Wildman–Crippen LogP) is 0.707. The van der Waals surface area contributed by atoms with Gasteiger partial charge in [-0.05, 0) is 13.0 Å². The van der Waals surface area contributed by atoms with E-state index in [0.717, 1.165) is 6.54 Å². The highest BCUT2D eigenvalue weighted by molar-refractivity contribution is 5.70. The maximum Gasteiger partial charge on any atom is 0.307 e. The molecule has 0 amide bonds. The van der Waals surface area contributed by atoms with Crippen molar-refractivity contribution < 1.29 is 9.90 Å². The number of aliphatic carboxylic acids is 1. The summed E-state index contributed by atoms with van der Waals surface area (Å²) in [4.78, 5) is 10.4. The van der Waals surface area contributed by atoms with Crippen LogP contribution in [-0.2, 0) is 4.79 Å². The Labute approximate surface area is 61.4 Å². The fourth-order valence-electron chi connectivity index (χ4n) is 0.725. The Kier molecular flexibility index (Phi) is 4.94. The van der Waals surface area contributed by atoms with Gasteiger partial charge in [0.15, 0.2) is 0 Å². The molecule has 10 heavy (non-hydrogen) atoms. The van der Waals surface area contributed by atoms with Crippen molar-refractivity contribution in [3.8, 4) is 0 Å². The van der Waals surface area contributed by atoms with E-state index < -0.39 is 5.97 Å². The molecule has 0 rings (SSSR count). The number of nitrogens with one attached hydrogen (secondary N) is 1. The second-order valence-corrected chi connectivity index (χ2v) is 2.25. The van der Waals surface area contributed by atoms with E-state index in [4.69, 9.17) is 5.11 Å². The van der Waals surface area contributed by atoms with Crippen molar-refractivity contribution in [3.05, 3.63) is 0 Å². The van der Waals surface area contributed by atoms with Gasteiger partial charge in [-0.15, -0.1) is 0 Å². The second-order valence-electron chi connectivity index (χ2n) is 2.25. The van der Waals surface area contributed by atoms with Gasteiger partial charge in [-0.25, -0.2) is 0 Å². The van der Waals surface area contributed by atoms with Gasteiger partial charge in [-0.1, -0.05) is 13.8 Å². The van der Waals surface area contributed by atoms with E-state index in [-0.39, 0.29) is 5.92 Å². The highest BCUT2D eigenvalue weighted by Gasteiger charge is 2.12. The van der Waals surface area contributed by atoms with Gasteiger partial charge >= 0.3 is 5.97 Å². The summed E-state index contributed by atoms with van der Waals surface area (Å²) in [6, 6.07) is 0. The molecule has 0 aliphatic heterocycles. The lowest BCUT2D eigenvalue weighted by Gasteiger charge is -2.08. The third-order valence-corrected chi connectivity index (χ3v) is 1.48. The van der Waals surface area contributed by atoms with Crippen LogP contribution in [0.3, 0.4) is 0 Å². The first-order valence-electron chi connectivity index (χ1n) is 3.65. The molecule has 0 saturated heterocycles. The lowest BCUT2D eigenvalue weighted by Crippen LogP contribution is -2.27. The monoisotopic (exact) mass is 145 g/mol. The summed E-state index contributed by atoms with van der Waals surface area (Å²) in [5.74, 6) is -0.927. The van der Waals surface area contributed by atoms with Crippen LogP contribution in [0, 0.1) is 5.92 Å². The van der Waals surface area contributed by atoms with E-state index in [9.17, 15) is 4.79 Å². The topological polar surface area (TPSA) is 49.3 Å². The Morgan fingerprint density at radius 1 is 1.60 bits per heavy atom. The minimum atomic E-state index is -0.705. The van der Waals surface area contributed by atoms with E-state index in [2.05, 4.69) is 5.32 Å². The zero-order valence-electron chi connectivity index (χ0n) is 6.55. The standard InChI is InChI=1S/C7H15NO2/c1-3-6(7(9)10)5-8-4-2/h6,8H,3-5H2,1-2H3,(H,9,10). The summed E-state index contributed by atoms with van der Waals surface area (Å²) in [7, 11) is 0. The molecule has 1 unspecified atom stereocenters. The van der Waals surface area contributed by atoms with Crippen molar-refractivity contribution in [1.29, 1.82) is 0 Å². The molecule has 0 spiro atoms. The molecule has 2 N–H and O–H groups in total. The fraction of sp³-hybridized carbons (Fsp3) is 0.857. The molecule has 0 fully saturated rings. The first-order chi connectivity index (χ1) is 4.72. The van der Waals surface area contributed by atoms with Gasteiger partial charge in [0.2, 0.25) is 0 Å². The van der Waals surface area contributed by atoms with Crippen LogP contribution in [0.5, 0.6) is 0 Å². The smallest absolute Gasteiger partial charge is 0.307 e. The van der Waals surface area contributed by atoms with Gasteiger partial charge in [0, 0.05) is 6.54 Å². The molecule has 0 aromatic heterocycles. The van der Waals surface area contributed by atoms with Crippen molar-refractivity contribution in [2.45, 2.75) is 20.3 Å². The third-order valence-electron chi connectivity index (χ3n) is 1.48. The lowest BCUT2D eigenvalue weighted by molar-refractivity contribution is -0.141. The predicted molar refractivity (Wildman–Crippen MR) is 40.0 cm³/mol. The highest BCUT2D eigenvalue weighted by Crippen LogP contribution is 1.99. The lowest BCUT2D eigenvalue weighted by atomic mass is 10.1. The zero-order chi connectivity index (χ0) is 7.98. The largest absolute Gasteiger partial charge is 0.481 e. The van der Waals surface area contributed by atoms with Crippen LogP contribution in [0.4, 0.5) is 0 Å². The third kappa shape index (κ3) is 3.45. The normalized spacial score (nSPS) is 13.0. The van der Waals surface area contributed by atoms with E-state index in [1.807, 2.05) is 13.8 Å². The number of carboxylic acid groups (broad SMARTS) is 1. The molecule has 0 saturated carbocycles.